The molecule has 0 aliphatic carbocycles. The number of sulfonamides is 1. The first-order chi connectivity index (χ1) is 13.9. The standard InChI is InChI=1S/C19H19N3O5S2/c1-27-16-11-14(18(23)24)7-8-15(16)22-29(25,26)17-12-28-19(21-17)20-10-9-13-5-3-2-4-6-13/h2-8,11-12,22H,9-10H2,1H3,(H,20,21)(H,23,24). The number of aromatic nitrogens is 1. The average Bonchev–Trinajstić information content (AvgIpc) is 3.19. The second-order valence-electron chi connectivity index (χ2n) is 5.98. The molecular formula is C19H19N3O5S2. The van der Waals surface area contributed by atoms with Crippen LogP contribution in [0.1, 0.15) is 15.9 Å². The number of carboxylic acids is 1. The molecule has 0 saturated carbocycles. The van der Waals surface area contributed by atoms with Crippen molar-refractivity contribution in [1.82, 2.24) is 4.98 Å². The highest BCUT2D eigenvalue weighted by molar-refractivity contribution is 7.92. The molecule has 0 radical (unpaired) electrons. The van der Waals surface area contributed by atoms with Crippen molar-refractivity contribution in [2.75, 3.05) is 23.7 Å². The highest BCUT2D eigenvalue weighted by Gasteiger charge is 2.21. The van der Waals surface area contributed by atoms with Crippen molar-refractivity contribution in [3.05, 3.63) is 65.0 Å². The number of anilines is 2. The molecule has 0 unspecified atom stereocenters. The molecule has 1 aromatic heterocycles. The van der Waals surface area contributed by atoms with E-state index in [-0.39, 0.29) is 22.0 Å². The van der Waals surface area contributed by atoms with Crippen LogP contribution in [0.4, 0.5) is 10.8 Å². The van der Waals surface area contributed by atoms with Gasteiger partial charge in [0.25, 0.3) is 10.0 Å². The summed E-state index contributed by atoms with van der Waals surface area (Å²) in [4.78, 5) is 15.2. The van der Waals surface area contributed by atoms with Gasteiger partial charge in [-0.2, -0.15) is 8.42 Å². The highest BCUT2D eigenvalue weighted by Crippen LogP contribution is 2.29. The molecule has 0 saturated heterocycles. The number of carbonyl (C=O) groups is 1. The molecule has 0 bridgehead atoms. The number of rotatable bonds is 9. The van der Waals surface area contributed by atoms with E-state index in [1.807, 2.05) is 30.3 Å². The maximum absolute atomic E-state index is 12.6. The summed E-state index contributed by atoms with van der Waals surface area (Å²) < 4.78 is 32.7. The summed E-state index contributed by atoms with van der Waals surface area (Å²) in [7, 11) is -2.62. The normalized spacial score (nSPS) is 11.1. The molecule has 0 fully saturated rings. The number of benzene rings is 2. The Hall–Kier alpha value is -3.11. The molecule has 0 atom stereocenters. The zero-order valence-corrected chi connectivity index (χ0v) is 17.1. The van der Waals surface area contributed by atoms with Crippen LogP contribution in [0, 0.1) is 0 Å². The monoisotopic (exact) mass is 433 g/mol. The van der Waals surface area contributed by atoms with Gasteiger partial charge in [0.1, 0.15) is 5.75 Å². The summed E-state index contributed by atoms with van der Waals surface area (Å²) in [6, 6.07) is 13.8. The molecule has 3 rings (SSSR count). The van der Waals surface area contributed by atoms with E-state index in [0.717, 1.165) is 6.42 Å². The van der Waals surface area contributed by atoms with Crippen molar-refractivity contribution in [2.45, 2.75) is 11.4 Å². The molecule has 152 valence electrons. The first-order valence-corrected chi connectivity index (χ1v) is 10.9. The number of nitrogens with zero attached hydrogens (tertiary/aromatic N) is 1. The van der Waals surface area contributed by atoms with Crippen molar-refractivity contribution in [3.63, 3.8) is 0 Å². The van der Waals surface area contributed by atoms with E-state index in [9.17, 15) is 13.2 Å². The SMILES string of the molecule is COc1cc(C(=O)O)ccc1NS(=O)(=O)c1csc(NCCc2ccccc2)n1. The van der Waals surface area contributed by atoms with Gasteiger partial charge in [0.2, 0.25) is 0 Å². The minimum absolute atomic E-state index is 0.0108. The maximum Gasteiger partial charge on any atom is 0.335 e. The van der Waals surface area contributed by atoms with Crippen molar-refractivity contribution in [3.8, 4) is 5.75 Å². The average molecular weight is 434 g/mol. The van der Waals surface area contributed by atoms with E-state index in [4.69, 9.17) is 9.84 Å². The Balaban J connectivity index is 1.68. The van der Waals surface area contributed by atoms with Gasteiger partial charge in [0, 0.05) is 11.9 Å². The molecule has 0 amide bonds. The number of nitrogens with one attached hydrogen (secondary N) is 2. The Labute approximate surface area is 172 Å². The van der Waals surface area contributed by atoms with E-state index >= 15 is 0 Å². The Morgan fingerprint density at radius 1 is 1.21 bits per heavy atom. The fourth-order valence-electron chi connectivity index (χ4n) is 2.53. The molecule has 0 spiro atoms. The Morgan fingerprint density at radius 3 is 2.66 bits per heavy atom. The van der Waals surface area contributed by atoms with Gasteiger partial charge in [-0.1, -0.05) is 30.3 Å². The number of methoxy groups -OCH3 is 1. The second kappa shape index (κ2) is 8.93. The van der Waals surface area contributed by atoms with Crippen LogP contribution in [0.2, 0.25) is 0 Å². The first kappa shape index (κ1) is 20.6. The lowest BCUT2D eigenvalue weighted by Crippen LogP contribution is -2.14. The van der Waals surface area contributed by atoms with E-state index in [1.54, 1.807) is 0 Å². The lowest BCUT2D eigenvalue weighted by atomic mass is 10.2. The third kappa shape index (κ3) is 5.24. The minimum Gasteiger partial charge on any atom is -0.495 e. The number of thiazole rings is 1. The van der Waals surface area contributed by atoms with Gasteiger partial charge in [-0.05, 0) is 30.2 Å². The van der Waals surface area contributed by atoms with Gasteiger partial charge in [-0.25, -0.2) is 9.78 Å². The lowest BCUT2D eigenvalue weighted by molar-refractivity contribution is 0.0696. The van der Waals surface area contributed by atoms with Crippen molar-refractivity contribution in [2.24, 2.45) is 0 Å². The predicted molar refractivity (Wildman–Crippen MR) is 112 cm³/mol. The quantitative estimate of drug-likeness (QED) is 0.474. The highest BCUT2D eigenvalue weighted by atomic mass is 32.2. The third-order valence-corrected chi connectivity index (χ3v) is 6.18. The summed E-state index contributed by atoms with van der Waals surface area (Å²) in [5.41, 5.74) is 1.29. The van der Waals surface area contributed by atoms with E-state index in [1.165, 1.54) is 47.6 Å². The first-order valence-electron chi connectivity index (χ1n) is 8.56. The van der Waals surface area contributed by atoms with Gasteiger partial charge < -0.3 is 15.2 Å². The van der Waals surface area contributed by atoms with E-state index in [0.29, 0.717) is 11.7 Å². The number of hydrogen-bond donors (Lipinski definition) is 3. The number of ether oxygens (including phenoxy) is 1. The Bertz CT molecular complexity index is 1100. The number of carboxylic acid groups (broad SMARTS) is 1. The van der Waals surface area contributed by atoms with Crippen LogP contribution in [0.25, 0.3) is 0 Å². The zero-order valence-electron chi connectivity index (χ0n) is 15.5. The van der Waals surface area contributed by atoms with Gasteiger partial charge >= 0.3 is 5.97 Å². The second-order valence-corrected chi connectivity index (χ2v) is 8.47. The van der Waals surface area contributed by atoms with Crippen LogP contribution in [-0.2, 0) is 16.4 Å². The maximum atomic E-state index is 12.6. The van der Waals surface area contributed by atoms with Crippen LogP contribution in [0.5, 0.6) is 5.75 Å². The number of aromatic carboxylic acids is 1. The third-order valence-electron chi connectivity index (χ3n) is 3.98. The molecular weight excluding hydrogens is 414 g/mol. The topological polar surface area (TPSA) is 118 Å². The van der Waals surface area contributed by atoms with Crippen molar-refractivity contribution in [1.29, 1.82) is 0 Å². The van der Waals surface area contributed by atoms with Crippen LogP contribution >= 0.6 is 11.3 Å². The fraction of sp³-hybridized carbons (Fsp3) is 0.158. The van der Waals surface area contributed by atoms with Crippen molar-refractivity contribution >= 4 is 38.1 Å². The van der Waals surface area contributed by atoms with Gasteiger partial charge in [-0.15, -0.1) is 11.3 Å². The van der Waals surface area contributed by atoms with E-state index in [2.05, 4.69) is 15.0 Å². The van der Waals surface area contributed by atoms with Crippen LogP contribution in [0.15, 0.2) is 58.9 Å². The molecule has 10 heteroatoms. The van der Waals surface area contributed by atoms with Crippen LogP contribution in [-0.4, -0.2) is 38.1 Å². The fourth-order valence-corrected chi connectivity index (χ4v) is 4.61. The molecule has 0 aliphatic rings. The lowest BCUT2D eigenvalue weighted by Gasteiger charge is -2.11. The number of hydrogen-bond acceptors (Lipinski definition) is 7. The van der Waals surface area contributed by atoms with Crippen LogP contribution in [0.3, 0.4) is 0 Å². The Kier molecular flexibility index (Phi) is 6.35. The van der Waals surface area contributed by atoms with Crippen molar-refractivity contribution < 1.29 is 23.1 Å². The summed E-state index contributed by atoms with van der Waals surface area (Å²) in [6.45, 7) is 0.620. The minimum atomic E-state index is -3.95. The van der Waals surface area contributed by atoms with Gasteiger partial charge in [0.05, 0.1) is 18.4 Å². The summed E-state index contributed by atoms with van der Waals surface area (Å²) >= 11 is 1.19. The molecule has 1 heterocycles. The molecule has 3 aromatic rings. The Morgan fingerprint density at radius 2 is 1.97 bits per heavy atom. The molecule has 8 nitrogen and oxygen atoms in total. The van der Waals surface area contributed by atoms with E-state index < -0.39 is 16.0 Å². The molecule has 2 aromatic carbocycles. The molecule has 3 N–H and O–H groups in total. The summed E-state index contributed by atoms with van der Waals surface area (Å²) in [5, 5.41) is 14.0. The molecule has 29 heavy (non-hydrogen) atoms. The van der Waals surface area contributed by atoms with Crippen LogP contribution < -0.4 is 14.8 Å². The summed E-state index contributed by atoms with van der Waals surface area (Å²) in [5.74, 6) is -1.03. The zero-order chi connectivity index (χ0) is 20.9. The predicted octanol–water partition coefficient (Wildman–Crippen LogP) is 3.31. The van der Waals surface area contributed by atoms with Gasteiger partial charge in [-0.3, -0.25) is 4.72 Å². The molecule has 0 aliphatic heterocycles. The summed E-state index contributed by atoms with van der Waals surface area (Å²) in [6.07, 6.45) is 0.786. The van der Waals surface area contributed by atoms with Gasteiger partial charge in [0.15, 0.2) is 10.2 Å². The largest absolute Gasteiger partial charge is 0.495 e. The smallest absolute Gasteiger partial charge is 0.335 e.